The molecule has 1 aromatic carbocycles. The lowest BCUT2D eigenvalue weighted by atomic mass is 10.3. The van der Waals surface area contributed by atoms with Crippen LogP contribution >= 0.6 is 0 Å². The molecule has 2 N–H and O–H groups in total. The van der Waals surface area contributed by atoms with Crippen molar-refractivity contribution in [1.29, 1.82) is 0 Å². The van der Waals surface area contributed by atoms with E-state index in [1.54, 1.807) is 0 Å². The summed E-state index contributed by atoms with van der Waals surface area (Å²) < 4.78 is 52.6. The van der Waals surface area contributed by atoms with E-state index in [0.29, 0.717) is 19.5 Å². The molecule has 17 heavy (non-hydrogen) atoms. The zero-order valence-electron chi connectivity index (χ0n) is 8.91. The Balaban J connectivity index is 2.31. The molecule has 0 aromatic heterocycles. The Morgan fingerprint density at radius 3 is 2.47 bits per heavy atom. The van der Waals surface area contributed by atoms with Crippen molar-refractivity contribution >= 4 is 10.0 Å². The number of rotatable bonds is 3. The molecule has 1 saturated heterocycles. The number of hydrogen-bond donors (Lipinski definition) is 2. The van der Waals surface area contributed by atoms with Crippen LogP contribution in [0.15, 0.2) is 23.1 Å². The normalized spacial score (nSPS) is 20.7. The molecule has 0 spiro atoms. The molecule has 1 aliphatic rings. The quantitative estimate of drug-likeness (QED) is 0.839. The van der Waals surface area contributed by atoms with Gasteiger partial charge in [-0.2, -0.15) is 0 Å². The summed E-state index contributed by atoms with van der Waals surface area (Å²) in [7, 11) is -4.15. The summed E-state index contributed by atoms with van der Waals surface area (Å²) >= 11 is 0. The third kappa shape index (κ3) is 2.62. The fraction of sp³-hybridized carbons (Fsp3) is 0.400. The minimum absolute atomic E-state index is 0.320. The van der Waals surface area contributed by atoms with E-state index in [-0.39, 0.29) is 6.04 Å². The van der Waals surface area contributed by atoms with Crippen LogP contribution in [0.2, 0.25) is 0 Å². The second-order valence-electron chi connectivity index (χ2n) is 3.86. The van der Waals surface area contributed by atoms with Crippen molar-refractivity contribution in [2.45, 2.75) is 17.4 Å². The first-order valence-electron chi connectivity index (χ1n) is 5.18. The van der Waals surface area contributed by atoms with Gasteiger partial charge in [0.05, 0.1) is 0 Å². The van der Waals surface area contributed by atoms with Gasteiger partial charge in [0, 0.05) is 12.6 Å². The fourth-order valence-electron chi connectivity index (χ4n) is 1.77. The lowest BCUT2D eigenvalue weighted by Gasteiger charge is -2.12. The highest BCUT2D eigenvalue weighted by Gasteiger charge is 2.27. The van der Waals surface area contributed by atoms with Gasteiger partial charge in [-0.25, -0.2) is 21.9 Å². The van der Waals surface area contributed by atoms with Crippen molar-refractivity contribution in [3.8, 4) is 0 Å². The van der Waals surface area contributed by atoms with Gasteiger partial charge in [-0.1, -0.05) is 6.07 Å². The maximum absolute atomic E-state index is 13.3. The van der Waals surface area contributed by atoms with E-state index in [4.69, 9.17) is 0 Å². The van der Waals surface area contributed by atoms with Crippen molar-refractivity contribution < 1.29 is 17.2 Å². The van der Waals surface area contributed by atoms with Crippen LogP contribution in [-0.2, 0) is 10.0 Å². The first-order chi connectivity index (χ1) is 8.00. The fourth-order valence-corrected chi connectivity index (χ4v) is 3.18. The zero-order valence-corrected chi connectivity index (χ0v) is 9.73. The highest BCUT2D eigenvalue weighted by Crippen LogP contribution is 2.18. The minimum Gasteiger partial charge on any atom is -0.315 e. The molecule has 0 radical (unpaired) electrons. The minimum atomic E-state index is -4.15. The van der Waals surface area contributed by atoms with E-state index in [9.17, 15) is 17.2 Å². The van der Waals surface area contributed by atoms with Crippen molar-refractivity contribution in [2.75, 3.05) is 13.1 Å². The molecule has 0 saturated carbocycles. The van der Waals surface area contributed by atoms with Crippen LogP contribution in [0.5, 0.6) is 0 Å². The molecule has 0 aliphatic carbocycles. The van der Waals surface area contributed by atoms with Gasteiger partial charge < -0.3 is 5.32 Å². The second kappa shape index (κ2) is 4.67. The molecule has 1 fully saturated rings. The highest BCUT2D eigenvalue weighted by molar-refractivity contribution is 7.89. The number of nitrogens with one attached hydrogen (secondary N) is 2. The molecule has 0 unspecified atom stereocenters. The molecule has 0 amide bonds. The van der Waals surface area contributed by atoms with Crippen LogP contribution in [0.4, 0.5) is 8.78 Å². The van der Waals surface area contributed by atoms with E-state index in [1.807, 2.05) is 0 Å². The summed E-state index contributed by atoms with van der Waals surface area (Å²) in [6.07, 6.45) is 0.606. The molecule has 1 atom stereocenters. The predicted octanol–water partition coefficient (Wildman–Crippen LogP) is 0.605. The third-order valence-electron chi connectivity index (χ3n) is 2.57. The van der Waals surface area contributed by atoms with Gasteiger partial charge in [0.1, 0.15) is 11.6 Å². The van der Waals surface area contributed by atoms with Crippen molar-refractivity contribution in [3.05, 3.63) is 29.8 Å². The summed E-state index contributed by atoms with van der Waals surface area (Å²) in [5.74, 6) is -2.16. The number of sulfonamides is 1. The average molecular weight is 262 g/mol. The van der Waals surface area contributed by atoms with Crippen LogP contribution in [0.3, 0.4) is 0 Å². The molecule has 0 bridgehead atoms. The summed E-state index contributed by atoms with van der Waals surface area (Å²) in [6.45, 7) is 1.16. The third-order valence-corrected chi connectivity index (χ3v) is 4.14. The Kier molecular flexibility index (Phi) is 3.41. The lowest BCUT2D eigenvalue weighted by molar-refractivity contribution is 0.507. The molecule has 1 heterocycles. The monoisotopic (exact) mass is 262 g/mol. The molecule has 7 heteroatoms. The van der Waals surface area contributed by atoms with E-state index < -0.39 is 26.6 Å². The molecule has 1 aliphatic heterocycles. The van der Waals surface area contributed by atoms with Crippen LogP contribution < -0.4 is 10.0 Å². The standard InChI is InChI=1S/C10H12F2N2O2S/c11-8-2-1-3-9(12)10(8)17(15,16)14-7-4-5-13-6-7/h1-3,7,13-14H,4-6H2/t7-/m1/s1. The van der Waals surface area contributed by atoms with Crippen molar-refractivity contribution in [1.82, 2.24) is 10.0 Å². The largest absolute Gasteiger partial charge is 0.315 e. The van der Waals surface area contributed by atoms with Gasteiger partial charge in [0.25, 0.3) is 0 Å². The van der Waals surface area contributed by atoms with Gasteiger partial charge in [-0.3, -0.25) is 0 Å². The summed E-state index contributed by atoms with van der Waals surface area (Å²) in [6, 6.07) is 2.65. The van der Waals surface area contributed by atoms with Gasteiger partial charge in [0.2, 0.25) is 10.0 Å². The topological polar surface area (TPSA) is 58.2 Å². The SMILES string of the molecule is O=S(=O)(N[C@@H]1CCNC1)c1c(F)cccc1F. The Hall–Kier alpha value is -1.05. The molecule has 2 rings (SSSR count). The number of hydrogen-bond acceptors (Lipinski definition) is 3. The summed E-state index contributed by atoms with van der Waals surface area (Å²) in [4.78, 5) is -0.910. The van der Waals surface area contributed by atoms with Crippen LogP contribution in [-0.4, -0.2) is 27.5 Å². The first-order valence-corrected chi connectivity index (χ1v) is 6.66. The van der Waals surface area contributed by atoms with E-state index in [1.165, 1.54) is 0 Å². The Labute approximate surface area is 98.1 Å². The number of benzene rings is 1. The van der Waals surface area contributed by atoms with E-state index in [2.05, 4.69) is 10.0 Å². The zero-order chi connectivity index (χ0) is 12.5. The van der Waals surface area contributed by atoms with Crippen LogP contribution in [0, 0.1) is 11.6 Å². The van der Waals surface area contributed by atoms with Crippen molar-refractivity contribution in [3.63, 3.8) is 0 Å². The van der Waals surface area contributed by atoms with Gasteiger partial charge in [-0.15, -0.1) is 0 Å². The maximum atomic E-state index is 13.3. The molecular weight excluding hydrogens is 250 g/mol. The van der Waals surface area contributed by atoms with Crippen LogP contribution in [0.1, 0.15) is 6.42 Å². The highest BCUT2D eigenvalue weighted by atomic mass is 32.2. The number of halogens is 2. The summed E-state index contributed by atoms with van der Waals surface area (Å²) in [5.41, 5.74) is 0. The Morgan fingerprint density at radius 2 is 1.94 bits per heavy atom. The van der Waals surface area contributed by atoms with Crippen molar-refractivity contribution in [2.24, 2.45) is 0 Å². The van der Waals surface area contributed by atoms with Gasteiger partial charge in [0.15, 0.2) is 4.90 Å². The van der Waals surface area contributed by atoms with E-state index >= 15 is 0 Å². The molecule has 1 aromatic rings. The molecule has 4 nitrogen and oxygen atoms in total. The maximum Gasteiger partial charge on any atom is 0.246 e. The van der Waals surface area contributed by atoms with Gasteiger partial charge >= 0.3 is 0 Å². The first kappa shape index (κ1) is 12.4. The van der Waals surface area contributed by atoms with E-state index in [0.717, 1.165) is 18.2 Å². The second-order valence-corrected chi connectivity index (χ2v) is 5.51. The predicted molar refractivity (Wildman–Crippen MR) is 58.0 cm³/mol. The average Bonchev–Trinajstić information content (AvgIpc) is 2.68. The molecule has 94 valence electrons. The molecular formula is C10H12F2N2O2S. The Bertz CT molecular complexity index is 493. The smallest absolute Gasteiger partial charge is 0.246 e. The van der Waals surface area contributed by atoms with Gasteiger partial charge in [-0.05, 0) is 25.1 Å². The lowest BCUT2D eigenvalue weighted by Crippen LogP contribution is -2.37. The summed E-state index contributed by atoms with van der Waals surface area (Å²) in [5, 5.41) is 2.96. The van der Waals surface area contributed by atoms with Crippen LogP contribution in [0.25, 0.3) is 0 Å². The Morgan fingerprint density at radius 1 is 1.29 bits per heavy atom.